The summed E-state index contributed by atoms with van der Waals surface area (Å²) in [4.78, 5) is 13.7. The average Bonchev–Trinajstić information content (AvgIpc) is 2.68. The van der Waals surface area contributed by atoms with Crippen LogP contribution in [0.5, 0.6) is 11.5 Å². The monoisotopic (exact) mass is 541 g/mol. The van der Waals surface area contributed by atoms with Crippen molar-refractivity contribution in [2.75, 3.05) is 13.7 Å². The van der Waals surface area contributed by atoms with Crippen molar-refractivity contribution < 1.29 is 85.8 Å². The minimum Gasteiger partial charge on any atom is -0.493 e. The molecule has 2 aliphatic heterocycles. The highest BCUT2D eigenvalue weighted by Gasteiger charge is 2.79. The van der Waals surface area contributed by atoms with Crippen LogP contribution < -0.4 is 9.47 Å². The normalized spacial score (nSPS) is 23.4. The first-order valence-electron chi connectivity index (χ1n) is 10.3. The first-order chi connectivity index (χ1) is 16.5. The number of ether oxygens (including phenoxy) is 2. The van der Waals surface area contributed by atoms with Crippen molar-refractivity contribution in [1.29, 1.82) is 0 Å². The van der Waals surface area contributed by atoms with E-state index in [2.05, 4.69) is 4.74 Å². The van der Waals surface area contributed by atoms with Crippen LogP contribution in [0.25, 0.3) is 0 Å². The second-order valence-electron chi connectivity index (χ2n) is 8.84. The van der Waals surface area contributed by atoms with Gasteiger partial charge >= 0.3 is 18.1 Å². The zero-order valence-corrected chi connectivity index (χ0v) is 18.9. The summed E-state index contributed by atoms with van der Waals surface area (Å²) in [7, 11) is 1.12. The van der Waals surface area contributed by atoms with Crippen molar-refractivity contribution in [2.45, 2.75) is 54.3 Å². The fourth-order valence-electron chi connectivity index (χ4n) is 4.82. The van der Waals surface area contributed by atoms with E-state index < -0.39 is 66.1 Å². The summed E-state index contributed by atoms with van der Waals surface area (Å²) in [6, 6.07) is 1.03. The third-order valence-electron chi connectivity index (χ3n) is 6.46. The lowest BCUT2D eigenvalue weighted by molar-refractivity contribution is -0.553. The predicted molar refractivity (Wildman–Crippen MR) is 107 cm³/mol. The number of ketones is 1. The maximum absolute atomic E-state index is 13.0. The van der Waals surface area contributed by atoms with Crippen LogP contribution >= 0.6 is 0 Å². The van der Waals surface area contributed by atoms with Crippen molar-refractivity contribution in [3.63, 3.8) is 0 Å². The molecule has 1 saturated heterocycles. The Balaban J connectivity index is 2.11. The summed E-state index contributed by atoms with van der Waals surface area (Å²) in [6.07, 6.45) is -4.59. The molecule has 1 fully saturated rings. The van der Waals surface area contributed by atoms with E-state index in [-0.39, 0.29) is 23.5 Å². The Labute approximate surface area is 205 Å². The number of fused-ring (bicyclic) bond motifs is 3. The van der Waals surface area contributed by atoms with Crippen molar-refractivity contribution in [3.8, 4) is 11.5 Å². The van der Waals surface area contributed by atoms with Crippen LogP contribution in [0.2, 0.25) is 0 Å². The summed E-state index contributed by atoms with van der Waals surface area (Å²) >= 11 is 0. The number of carbonyl (C=O) groups excluding carboxylic acids is 1. The van der Waals surface area contributed by atoms with Crippen LogP contribution in [-0.4, -0.2) is 131 Å². The smallest absolute Gasteiger partial charge is 0.453 e. The number of benzene rings is 1. The molecule has 0 spiro atoms. The molecule has 18 nitrogen and oxygen atoms in total. The van der Waals surface area contributed by atoms with Crippen LogP contribution in [-0.2, 0) is 11.2 Å². The van der Waals surface area contributed by atoms with Gasteiger partial charge in [0, 0.05) is 19.0 Å². The number of hydrogen-bond donors (Lipinski definition) is 14. The number of aliphatic hydroxyl groups is 14. The summed E-state index contributed by atoms with van der Waals surface area (Å²) in [5.74, 6) is -23.7. The fraction of sp³-hybridized carbons (Fsp3) is 0.632. The Bertz CT molecular complexity index is 1040. The lowest BCUT2D eigenvalue weighted by atomic mass is 9.70. The third kappa shape index (κ3) is 4.57. The number of hydrogen-bond acceptors (Lipinski definition) is 18. The third-order valence-corrected chi connectivity index (χ3v) is 6.46. The van der Waals surface area contributed by atoms with Gasteiger partial charge in [-0.15, -0.1) is 0 Å². The second-order valence-corrected chi connectivity index (χ2v) is 8.84. The largest absolute Gasteiger partial charge is 0.493 e. The van der Waals surface area contributed by atoms with Gasteiger partial charge in [-0.2, -0.15) is 0 Å². The van der Waals surface area contributed by atoms with E-state index in [1.54, 1.807) is 0 Å². The molecule has 0 aromatic heterocycles. The molecule has 37 heavy (non-hydrogen) atoms. The number of methoxy groups -OCH3 is 1. The van der Waals surface area contributed by atoms with E-state index in [1.165, 1.54) is 12.1 Å². The number of rotatable bonds is 7. The van der Waals surface area contributed by atoms with E-state index in [0.717, 1.165) is 7.11 Å². The molecule has 210 valence electrons. The van der Waals surface area contributed by atoms with Crippen LogP contribution in [0.4, 0.5) is 0 Å². The van der Waals surface area contributed by atoms with Crippen LogP contribution in [0.15, 0.2) is 12.1 Å². The Kier molecular flexibility index (Phi) is 6.93. The first kappa shape index (κ1) is 29.4. The fourth-order valence-corrected chi connectivity index (χ4v) is 4.82. The van der Waals surface area contributed by atoms with Gasteiger partial charge in [0.25, 0.3) is 5.60 Å². The van der Waals surface area contributed by atoms with Gasteiger partial charge < -0.3 is 81.0 Å². The molecule has 2 unspecified atom stereocenters. The summed E-state index contributed by atoms with van der Waals surface area (Å²) in [6.45, 7) is -0.428. The maximum atomic E-state index is 13.0. The molecule has 1 aromatic rings. The van der Waals surface area contributed by atoms with Gasteiger partial charge in [-0.05, 0) is 29.7 Å². The number of piperidine rings is 1. The molecular weight excluding hydrogens is 514 g/mol. The van der Waals surface area contributed by atoms with Crippen LogP contribution in [0.1, 0.15) is 23.6 Å². The van der Waals surface area contributed by atoms with E-state index in [1.807, 2.05) is 0 Å². The molecule has 2 atom stereocenters. The summed E-state index contributed by atoms with van der Waals surface area (Å²) < 4.78 is 9.62. The van der Waals surface area contributed by atoms with E-state index in [4.69, 9.17) is 20.1 Å². The Morgan fingerprint density at radius 1 is 0.892 bits per heavy atom. The number of Topliss-reactive ketones (excluding diaryl/α,β-unsaturated/α-hetero) is 1. The molecule has 0 bridgehead atoms. The molecule has 1 aromatic carbocycles. The lowest BCUT2D eigenvalue weighted by Crippen LogP contribution is -2.84. The quantitative estimate of drug-likeness (QED) is 0.142. The van der Waals surface area contributed by atoms with Gasteiger partial charge in [-0.25, -0.2) is 4.90 Å². The van der Waals surface area contributed by atoms with Crippen molar-refractivity contribution in [3.05, 3.63) is 23.3 Å². The summed E-state index contributed by atoms with van der Waals surface area (Å²) in [5, 5.41) is 137. The molecule has 2 heterocycles. The van der Waals surface area contributed by atoms with Gasteiger partial charge in [-0.1, -0.05) is 0 Å². The van der Waals surface area contributed by atoms with Gasteiger partial charge in [0.1, 0.15) is 11.7 Å². The Hall–Kier alpha value is -2.11. The Morgan fingerprint density at radius 2 is 1.43 bits per heavy atom. The topological polar surface area (TPSA) is 322 Å². The molecule has 0 amide bonds. The zero-order valence-electron chi connectivity index (χ0n) is 18.9. The lowest BCUT2D eigenvalue weighted by Gasteiger charge is -2.56. The summed E-state index contributed by atoms with van der Waals surface area (Å²) in [5.41, 5.74) is -4.60. The minimum absolute atomic E-state index is 0.132. The highest BCUT2D eigenvalue weighted by atomic mass is 16.9. The van der Waals surface area contributed by atoms with E-state index in [9.17, 15) is 61.0 Å². The van der Waals surface area contributed by atoms with Gasteiger partial charge in [0.15, 0.2) is 11.5 Å². The van der Waals surface area contributed by atoms with Crippen molar-refractivity contribution in [1.82, 2.24) is 4.90 Å². The molecule has 0 aliphatic carbocycles. The number of nitrogens with zero attached hydrogens (tertiary/aromatic N) is 1. The highest BCUT2D eigenvalue weighted by Crippen LogP contribution is 2.51. The van der Waals surface area contributed by atoms with Gasteiger partial charge in [-0.3, -0.25) is 4.79 Å². The molecular formula is C19H27NO17. The molecule has 3 rings (SSSR count). The van der Waals surface area contributed by atoms with E-state index in [0.29, 0.717) is 10.5 Å². The standard InChI is InChI=1S/C19H27NO17/c1-36-11-5-8-7(4-12(11)37-19(33,34)35)2-3-20-9(8)6-10(21)13(15(20,24)25)14(22,23)16(26,17(27,28)29)18(30,31)32/h4-5,9,13,22-35H,2-3,6H2,1H3. The van der Waals surface area contributed by atoms with E-state index >= 15 is 0 Å². The SMILES string of the molecule is COc1cc2c(cc1OC(O)(O)O)CCN1C2CC(=O)C(C(O)(O)C(O)(C(O)(O)O)C(O)(O)O)C1(O)O. The maximum Gasteiger partial charge on any atom is 0.453 e. The molecule has 18 heteroatoms. The minimum atomic E-state index is -5.04. The predicted octanol–water partition coefficient (Wildman–Crippen LogP) is -7.54. The average molecular weight is 541 g/mol. The number of carbonyl (C=O) groups is 1. The van der Waals surface area contributed by atoms with Gasteiger partial charge in [0.2, 0.25) is 11.7 Å². The van der Waals surface area contributed by atoms with Crippen molar-refractivity contribution >= 4 is 5.78 Å². The second kappa shape index (κ2) is 8.71. The van der Waals surface area contributed by atoms with Gasteiger partial charge in [0.05, 0.1) is 7.11 Å². The first-order valence-corrected chi connectivity index (χ1v) is 10.3. The molecule has 14 N–H and O–H groups in total. The van der Waals surface area contributed by atoms with Crippen molar-refractivity contribution in [2.24, 2.45) is 5.92 Å². The Morgan fingerprint density at radius 3 is 1.89 bits per heavy atom. The van der Waals surface area contributed by atoms with Crippen LogP contribution in [0.3, 0.4) is 0 Å². The van der Waals surface area contributed by atoms with Crippen LogP contribution in [0, 0.1) is 5.92 Å². The molecule has 2 aliphatic rings. The highest BCUT2D eigenvalue weighted by molar-refractivity contribution is 5.85. The molecule has 0 radical (unpaired) electrons. The molecule has 0 saturated carbocycles. The zero-order chi connectivity index (χ0) is 28.6.